The molecule has 0 fully saturated rings. The summed E-state index contributed by atoms with van der Waals surface area (Å²) >= 11 is 6.06. The maximum Gasteiger partial charge on any atom is 0.573 e. The zero-order valence-corrected chi connectivity index (χ0v) is 15.3. The lowest BCUT2D eigenvalue weighted by molar-refractivity contribution is -0.274. The molecule has 1 aliphatic heterocycles. The van der Waals surface area contributed by atoms with Gasteiger partial charge in [0.05, 0.1) is 5.02 Å². The van der Waals surface area contributed by atoms with E-state index in [4.69, 9.17) is 26.2 Å². The number of hydrogen-bond donors (Lipinski definition) is 1. The lowest BCUT2D eigenvalue weighted by Gasteiger charge is -2.32. The molecule has 162 valence electrons. The van der Waals surface area contributed by atoms with E-state index in [1.165, 1.54) is 6.07 Å². The van der Waals surface area contributed by atoms with Crippen molar-refractivity contribution in [1.29, 1.82) is 0 Å². The Balaban J connectivity index is 1.85. The fraction of sp³-hybridized carbons (Fsp3) is 0.278. The average molecular weight is 457 g/mol. The summed E-state index contributed by atoms with van der Waals surface area (Å²) in [6.45, 7) is 0. The van der Waals surface area contributed by atoms with Crippen LogP contribution in [0.2, 0.25) is 5.02 Å². The van der Waals surface area contributed by atoms with E-state index in [2.05, 4.69) is 4.74 Å². The van der Waals surface area contributed by atoms with Crippen molar-refractivity contribution in [1.82, 2.24) is 0 Å². The minimum Gasteiger partial charge on any atom is -0.481 e. The summed E-state index contributed by atoms with van der Waals surface area (Å²) in [5, 5.41) is 9.04. The number of rotatable bonds is 4. The third-order valence-electron chi connectivity index (χ3n) is 4.10. The topological polar surface area (TPSA) is 65.0 Å². The maximum atomic E-state index is 13.2. The molecule has 2 aromatic carbocycles. The highest BCUT2D eigenvalue weighted by atomic mass is 35.5. The number of benzene rings is 2. The van der Waals surface area contributed by atoms with Crippen LogP contribution in [0.4, 0.5) is 26.3 Å². The van der Waals surface area contributed by atoms with Gasteiger partial charge in [-0.05, 0) is 42.3 Å². The molecule has 0 saturated heterocycles. The first-order valence-corrected chi connectivity index (χ1v) is 8.53. The summed E-state index contributed by atoms with van der Waals surface area (Å²) in [5.74, 6) is -4.37. The van der Waals surface area contributed by atoms with Gasteiger partial charge in [0.2, 0.25) is 6.10 Å². The summed E-state index contributed by atoms with van der Waals surface area (Å²) in [6.07, 6.45) is -12.8. The number of carbonyl (C=O) groups is 1. The second-order valence-electron chi connectivity index (χ2n) is 6.24. The molecule has 0 saturated carbocycles. The second kappa shape index (κ2) is 7.78. The molecule has 0 aliphatic carbocycles. The van der Waals surface area contributed by atoms with Crippen molar-refractivity contribution in [2.75, 3.05) is 0 Å². The van der Waals surface area contributed by atoms with E-state index in [0.717, 1.165) is 30.3 Å². The molecule has 1 N–H and O–H groups in total. The summed E-state index contributed by atoms with van der Waals surface area (Å²) < 4.78 is 90.2. The van der Waals surface area contributed by atoms with E-state index < -0.39 is 42.7 Å². The molecule has 5 nitrogen and oxygen atoms in total. The molecule has 0 amide bonds. The van der Waals surface area contributed by atoms with E-state index in [1.54, 1.807) is 0 Å². The van der Waals surface area contributed by atoms with Gasteiger partial charge in [0, 0.05) is 6.07 Å². The predicted molar refractivity (Wildman–Crippen MR) is 90.0 cm³/mol. The van der Waals surface area contributed by atoms with Crippen LogP contribution in [0.25, 0.3) is 0 Å². The van der Waals surface area contributed by atoms with E-state index >= 15 is 0 Å². The Morgan fingerprint density at radius 1 is 1.07 bits per heavy atom. The monoisotopic (exact) mass is 456 g/mol. The SMILES string of the molecule is O=C(O)[C@@H]1Cc2cc(Cl)c(Oc3ccc(OC(F)(F)F)cc3)cc2O[C@@H]1C(F)(F)F. The first kappa shape index (κ1) is 21.9. The van der Waals surface area contributed by atoms with Crippen LogP contribution in [0.3, 0.4) is 0 Å². The largest absolute Gasteiger partial charge is 0.573 e. The Labute approximate surface area is 169 Å². The minimum absolute atomic E-state index is 0.0259. The Morgan fingerprint density at radius 3 is 2.20 bits per heavy atom. The first-order valence-electron chi connectivity index (χ1n) is 8.16. The van der Waals surface area contributed by atoms with Crippen molar-refractivity contribution in [3.05, 3.63) is 47.0 Å². The number of fused-ring (bicyclic) bond motifs is 1. The van der Waals surface area contributed by atoms with Crippen LogP contribution in [-0.2, 0) is 11.2 Å². The zero-order valence-electron chi connectivity index (χ0n) is 14.6. The van der Waals surface area contributed by atoms with Crippen LogP contribution in [0.15, 0.2) is 36.4 Å². The van der Waals surface area contributed by atoms with E-state index in [0.29, 0.717) is 0 Å². The Bertz CT molecular complexity index is 942. The van der Waals surface area contributed by atoms with Gasteiger partial charge in [-0.1, -0.05) is 11.6 Å². The van der Waals surface area contributed by atoms with Crippen LogP contribution in [0.1, 0.15) is 5.56 Å². The standard InChI is InChI=1S/C18H11ClF6O5/c19-12-6-8-5-11(16(26)27)15(17(20,21)22)29-13(8)7-14(12)28-9-1-3-10(4-2-9)30-18(23,24)25/h1-4,6-7,11,15H,5H2,(H,26,27)/t11-,15+/m1/s1. The highest BCUT2D eigenvalue weighted by Gasteiger charge is 2.52. The third kappa shape index (κ3) is 5.02. The van der Waals surface area contributed by atoms with Crippen molar-refractivity contribution in [3.63, 3.8) is 0 Å². The van der Waals surface area contributed by atoms with Crippen LogP contribution >= 0.6 is 11.6 Å². The van der Waals surface area contributed by atoms with Gasteiger partial charge in [0.15, 0.2) is 0 Å². The molecule has 1 aliphatic rings. The summed E-state index contributed by atoms with van der Waals surface area (Å²) in [6, 6.07) is 6.50. The zero-order chi connectivity index (χ0) is 22.3. The fourth-order valence-corrected chi connectivity index (χ4v) is 3.06. The van der Waals surface area contributed by atoms with Gasteiger partial charge in [-0.25, -0.2) is 0 Å². The molecule has 0 bridgehead atoms. The van der Waals surface area contributed by atoms with E-state index in [9.17, 15) is 31.1 Å². The van der Waals surface area contributed by atoms with Crippen molar-refractivity contribution in [2.45, 2.75) is 25.1 Å². The summed E-state index contributed by atoms with van der Waals surface area (Å²) in [4.78, 5) is 11.2. The third-order valence-corrected chi connectivity index (χ3v) is 4.39. The average Bonchev–Trinajstić information content (AvgIpc) is 2.61. The normalized spacial score (nSPS) is 18.9. The molecule has 0 radical (unpaired) electrons. The molecule has 12 heteroatoms. The van der Waals surface area contributed by atoms with Crippen molar-refractivity contribution in [2.24, 2.45) is 5.92 Å². The van der Waals surface area contributed by atoms with Crippen LogP contribution < -0.4 is 14.2 Å². The Morgan fingerprint density at radius 2 is 1.67 bits per heavy atom. The van der Waals surface area contributed by atoms with E-state index in [1.807, 2.05) is 0 Å². The number of alkyl halides is 6. The minimum atomic E-state index is -4.92. The number of carboxylic acids is 1. The smallest absolute Gasteiger partial charge is 0.481 e. The highest BCUT2D eigenvalue weighted by molar-refractivity contribution is 6.32. The van der Waals surface area contributed by atoms with Gasteiger partial charge in [-0.3, -0.25) is 4.79 Å². The number of aliphatic carboxylic acids is 1. The molecular formula is C18H11ClF6O5. The van der Waals surface area contributed by atoms with Crippen LogP contribution in [-0.4, -0.2) is 29.7 Å². The second-order valence-corrected chi connectivity index (χ2v) is 6.65. The summed E-state index contributed by atoms with van der Waals surface area (Å²) in [5.41, 5.74) is 0.147. The van der Waals surface area contributed by atoms with E-state index in [-0.39, 0.29) is 27.8 Å². The number of ether oxygens (including phenoxy) is 3. The molecule has 0 unspecified atom stereocenters. The van der Waals surface area contributed by atoms with Gasteiger partial charge in [-0.2, -0.15) is 13.2 Å². The Kier molecular flexibility index (Phi) is 5.68. The molecular weight excluding hydrogens is 446 g/mol. The van der Waals surface area contributed by atoms with Crippen LogP contribution in [0, 0.1) is 5.92 Å². The summed E-state index contributed by atoms with van der Waals surface area (Å²) in [7, 11) is 0. The van der Waals surface area contributed by atoms with Crippen LogP contribution in [0.5, 0.6) is 23.0 Å². The molecule has 3 rings (SSSR count). The molecule has 30 heavy (non-hydrogen) atoms. The Hall–Kier alpha value is -2.82. The molecule has 0 spiro atoms. The first-order chi connectivity index (χ1) is 13.8. The lowest BCUT2D eigenvalue weighted by atomic mass is 9.90. The van der Waals surface area contributed by atoms with Gasteiger partial charge < -0.3 is 19.3 Å². The quantitative estimate of drug-likeness (QED) is 0.607. The maximum absolute atomic E-state index is 13.2. The lowest BCUT2D eigenvalue weighted by Crippen LogP contribution is -2.47. The van der Waals surface area contributed by atoms with Crippen molar-refractivity contribution in [3.8, 4) is 23.0 Å². The number of halogens is 7. The molecule has 1 heterocycles. The fourth-order valence-electron chi connectivity index (χ4n) is 2.83. The van der Waals surface area contributed by atoms with Gasteiger partial charge in [0.1, 0.15) is 28.9 Å². The van der Waals surface area contributed by atoms with Gasteiger partial charge >= 0.3 is 18.5 Å². The predicted octanol–water partition coefficient (Wildman–Crippen LogP) is 5.60. The molecule has 0 aromatic heterocycles. The van der Waals surface area contributed by atoms with Gasteiger partial charge in [-0.15, -0.1) is 13.2 Å². The van der Waals surface area contributed by atoms with Crippen molar-refractivity contribution >= 4 is 17.6 Å². The number of carboxylic acid groups (broad SMARTS) is 1. The van der Waals surface area contributed by atoms with Gasteiger partial charge in [0.25, 0.3) is 0 Å². The van der Waals surface area contributed by atoms with Crippen molar-refractivity contribution < 1.29 is 50.5 Å². The molecule has 2 aromatic rings. The molecule has 2 atom stereocenters. The highest BCUT2D eigenvalue weighted by Crippen LogP contribution is 2.43. The number of hydrogen-bond acceptors (Lipinski definition) is 4.